The van der Waals surface area contributed by atoms with Crippen molar-refractivity contribution in [2.24, 2.45) is 0 Å². The maximum absolute atomic E-state index is 5.19. The molecule has 6 aromatic carbocycles. The lowest BCUT2D eigenvalue weighted by molar-refractivity contribution is 0.770. The Morgan fingerprint density at radius 2 is 1.18 bits per heavy atom. The third-order valence-corrected chi connectivity index (χ3v) is 10.0. The monoisotopic (exact) mass is 654 g/mol. The fourth-order valence-electron chi connectivity index (χ4n) is 7.79. The highest BCUT2D eigenvalue weighted by Gasteiger charge is 2.46. The molecule has 1 unspecified atom stereocenters. The van der Waals surface area contributed by atoms with Gasteiger partial charge in [0.2, 0.25) is 5.95 Å². The smallest absolute Gasteiger partial charge is 0.238 e. The molecule has 1 atom stereocenters. The van der Waals surface area contributed by atoms with Crippen molar-refractivity contribution in [3.05, 3.63) is 205 Å². The molecule has 0 fully saturated rings. The summed E-state index contributed by atoms with van der Waals surface area (Å²) in [5.41, 5.74) is 10.3. The number of para-hydroxylation sites is 1. The summed E-state index contributed by atoms with van der Waals surface area (Å²) in [6, 6.07) is 53.1. The maximum Gasteiger partial charge on any atom is 0.238 e. The molecule has 2 aromatic heterocycles. The van der Waals surface area contributed by atoms with E-state index in [0.29, 0.717) is 17.6 Å². The molecule has 0 aliphatic heterocycles. The standard InChI is InChI=1S/C47H34N4/c1-3-4-8-19-32(2)47(35-24-13-7-14-25-35)40-28-17-15-26-36(40)38-30-39-37-27-16-18-29-42(37)51(43(39)31-41(38)47)46-49-44(33-20-9-5-10-21-33)48-45(50-46)34-22-11-6-12-23-34/h3-31H,2H2,1H3/b4-3-,19-8-. The van der Waals surface area contributed by atoms with Crippen LogP contribution in [0.2, 0.25) is 0 Å². The topological polar surface area (TPSA) is 43.6 Å². The Hall–Kier alpha value is -6.65. The molecule has 0 spiro atoms. The predicted octanol–water partition coefficient (Wildman–Crippen LogP) is 11.3. The van der Waals surface area contributed by atoms with Gasteiger partial charge in [-0.3, -0.25) is 4.57 Å². The second kappa shape index (κ2) is 12.3. The van der Waals surface area contributed by atoms with Gasteiger partial charge in [-0.05, 0) is 58.5 Å². The fraction of sp³-hybridized carbons (Fsp3) is 0.0426. The number of nitrogens with zero attached hydrogens (tertiary/aromatic N) is 4. The van der Waals surface area contributed by atoms with Crippen molar-refractivity contribution in [1.82, 2.24) is 19.5 Å². The molecule has 4 nitrogen and oxygen atoms in total. The Labute approximate surface area is 297 Å². The van der Waals surface area contributed by atoms with Gasteiger partial charge in [0.05, 0.1) is 16.4 Å². The molecule has 0 radical (unpaired) electrons. The third kappa shape index (κ3) is 4.79. The molecule has 9 rings (SSSR count). The highest BCUT2D eigenvalue weighted by molar-refractivity contribution is 6.11. The lowest BCUT2D eigenvalue weighted by Crippen LogP contribution is -2.28. The van der Waals surface area contributed by atoms with Crippen molar-refractivity contribution in [3.8, 4) is 39.9 Å². The van der Waals surface area contributed by atoms with Crippen molar-refractivity contribution in [1.29, 1.82) is 0 Å². The van der Waals surface area contributed by atoms with Gasteiger partial charge in [0, 0.05) is 21.9 Å². The molecule has 0 saturated heterocycles. The number of benzene rings is 6. The molecule has 242 valence electrons. The van der Waals surface area contributed by atoms with Gasteiger partial charge >= 0.3 is 0 Å². The van der Waals surface area contributed by atoms with Gasteiger partial charge in [0.25, 0.3) is 0 Å². The minimum atomic E-state index is -0.621. The van der Waals surface area contributed by atoms with E-state index in [9.17, 15) is 0 Å². The van der Waals surface area contributed by atoms with Crippen molar-refractivity contribution in [2.75, 3.05) is 0 Å². The predicted molar refractivity (Wildman–Crippen MR) is 210 cm³/mol. The number of aromatic nitrogens is 4. The van der Waals surface area contributed by atoms with Crippen LogP contribution in [-0.4, -0.2) is 19.5 Å². The van der Waals surface area contributed by atoms with Gasteiger partial charge < -0.3 is 0 Å². The summed E-state index contributed by atoms with van der Waals surface area (Å²) in [4.78, 5) is 15.4. The zero-order valence-electron chi connectivity index (χ0n) is 28.2. The minimum absolute atomic E-state index is 0.571. The summed E-state index contributed by atoms with van der Waals surface area (Å²) in [5.74, 6) is 1.82. The first kappa shape index (κ1) is 30.4. The van der Waals surface area contributed by atoms with Crippen molar-refractivity contribution >= 4 is 21.8 Å². The average molecular weight is 655 g/mol. The van der Waals surface area contributed by atoms with Crippen LogP contribution in [0.4, 0.5) is 0 Å². The summed E-state index contributed by atoms with van der Waals surface area (Å²) < 4.78 is 2.21. The Morgan fingerprint density at radius 1 is 0.569 bits per heavy atom. The molecule has 4 heteroatoms. The van der Waals surface area contributed by atoms with Gasteiger partial charge in [-0.1, -0.05) is 164 Å². The largest absolute Gasteiger partial charge is 0.278 e. The van der Waals surface area contributed by atoms with E-state index in [1.54, 1.807) is 0 Å². The molecule has 1 aliphatic rings. The Balaban J connectivity index is 1.39. The number of fused-ring (bicyclic) bond motifs is 6. The molecule has 0 N–H and O–H groups in total. The lowest BCUT2D eigenvalue weighted by atomic mass is 9.67. The summed E-state index contributed by atoms with van der Waals surface area (Å²) in [5, 5.41) is 2.28. The van der Waals surface area contributed by atoms with E-state index in [4.69, 9.17) is 21.5 Å². The molecule has 51 heavy (non-hydrogen) atoms. The van der Waals surface area contributed by atoms with E-state index in [0.717, 1.165) is 38.5 Å². The summed E-state index contributed by atoms with van der Waals surface area (Å²) >= 11 is 0. The molecule has 0 saturated carbocycles. The van der Waals surface area contributed by atoms with E-state index in [1.807, 2.05) is 73.7 Å². The van der Waals surface area contributed by atoms with Crippen LogP contribution in [0.1, 0.15) is 23.6 Å². The van der Waals surface area contributed by atoms with Gasteiger partial charge in [-0.15, -0.1) is 0 Å². The van der Waals surface area contributed by atoms with E-state index >= 15 is 0 Å². The van der Waals surface area contributed by atoms with Crippen LogP contribution in [0.25, 0.3) is 61.7 Å². The van der Waals surface area contributed by atoms with Gasteiger partial charge in [0.15, 0.2) is 11.6 Å². The van der Waals surface area contributed by atoms with Crippen LogP contribution in [-0.2, 0) is 5.41 Å². The van der Waals surface area contributed by atoms with E-state index in [2.05, 4.69) is 114 Å². The van der Waals surface area contributed by atoms with Gasteiger partial charge in [0.1, 0.15) is 0 Å². The molecule has 0 bridgehead atoms. The molecule has 8 aromatic rings. The zero-order chi connectivity index (χ0) is 34.4. The highest BCUT2D eigenvalue weighted by atomic mass is 15.2. The van der Waals surface area contributed by atoms with Crippen LogP contribution in [0.3, 0.4) is 0 Å². The molecular weight excluding hydrogens is 621 g/mol. The summed E-state index contributed by atoms with van der Waals surface area (Å²) in [7, 11) is 0. The van der Waals surface area contributed by atoms with Crippen LogP contribution in [0.15, 0.2) is 188 Å². The molecule has 0 amide bonds. The van der Waals surface area contributed by atoms with Gasteiger partial charge in [-0.25, -0.2) is 4.98 Å². The number of allylic oxidation sites excluding steroid dienone is 5. The van der Waals surface area contributed by atoms with Crippen molar-refractivity contribution in [2.45, 2.75) is 12.3 Å². The van der Waals surface area contributed by atoms with Crippen LogP contribution < -0.4 is 0 Å². The molecule has 1 aliphatic carbocycles. The highest BCUT2D eigenvalue weighted by Crippen LogP contribution is 2.57. The first-order chi connectivity index (χ1) is 25.2. The fourth-order valence-corrected chi connectivity index (χ4v) is 7.79. The minimum Gasteiger partial charge on any atom is -0.278 e. The summed E-state index contributed by atoms with van der Waals surface area (Å²) in [6.07, 6.45) is 8.34. The first-order valence-electron chi connectivity index (χ1n) is 17.3. The van der Waals surface area contributed by atoms with Crippen LogP contribution >= 0.6 is 0 Å². The maximum atomic E-state index is 5.19. The second-order valence-corrected chi connectivity index (χ2v) is 12.9. The Morgan fingerprint density at radius 3 is 1.86 bits per heavy atom. The second-order valence-electron chi connectivity index (χ2n) is 12.9. The van der Waals surface area contributed by atoms with E-state index in [1.165, 1.54) is 27.8 Å². The quantitative estimate of drug-likeness (QED) is 0.161. The van der Waals surface area contributed by atoms with E-state index in [-0.39, 0.29) is 0 Å². The van der Waals surface area contributed by atoms with Crippen molar-refractivity contribution in [3.63, 3.8) is 0 Å². The average Bonchev–Trinajstić information content (AvgIpc) is 3.68. The summed E-state index contributed by atoms with van der Waals surface area (Å²) in [6.45, 7) is 6.82. The zero-order valence-corrected chi connectivity index (χ0v) is 28.2. The van der Waals surface area contributed by atoms with Crippen LogP contribution in [0, 0.1) is 0 Å². The Bertz CT molecular complexity index is 2590. The van der Waals surface area contributed by atoms with Crippen molar-refractivity contribution < 1.29 is 0 Å². The van der Waals surface area contributed by atoms with Gasteiger partial charge in [-0.2, -0.15) is 9.97 Å². The number of hydrogen-bond donors (Lipinski definition) is 0. The van der Waals surface area contributed by atoms with Crippen LogP contribution in [0.5, 0.6) is 0 Å². The van der Waals surface area contributed by atoms with E-state index < -0.39 is 5.41 Å². The SMILES string of the molecule is C=C(/C=C\C=C/C)C1(c2ccccc2)c2ccccc2-c2cc3c4ccccc4n(-c4nc(-c5ccccc5)nc(-c5ccccc5)n4)c3cc21. The molecule has 2 heterocycles. The number of hydrogen-bond acceptors (Lipinski definition) is 3. The lowest BCUT2D eigenvalue weighted by Gasteiger charge is -2.34. The molecular formula is C47H34N4. The first-order valence-corrected chi connectivity index (χ1v) is 17.3. The normalized spacial score (nSPS) is 15.2. The Kier molecular flexibility index (Phi) is 7.36. The number of rotatable bonds is 7. The third-order valence-electron chi connectivity index (χ3n) is 10.0.